The van der Waals surface area contributed by atoms with Crippen LogP contribution in [0, 0.1) is 0 Å². The van der Waals surface area contributed by atoms with Crippen LogP contribution in [0.1, 0.15) is 0 Å². The average Bonchev–Trinajstić information content (AvgIpc) is 2.42. The van der Waals surface area contributed by atoms with Crippen LogP contribution in [-0.2, 0) is 24.5 Å². The molecule has 0 saturated heterocycles. The predicted molar refractivity (Wildman–Crippen MR) is 87.1 cm³/mol. The molecule has 0 bridgehead atoms. The van der Waals surface area contributed by atoms with E-state index in [9.17, 15) is 26.0 Å². The van der Waals surface area contributed by atoms with Gasteiger partial charge in [0.05, 0.1) is 22.5 Å². The number of fused-ring (bicyclic) bond motifs is 1. The minimum absolute atomic E-state index is 0.0337. The first-order chi connectivity index (χ1) is 10.8. The Balaban J connectivity index is 2.58. The molecule has 0 aliphatic carbocycles. The van der Waals surface area contributed by atoms with E-state index >= 15 is 0 Å². The lowest BCUT2D eigenvalue weighted by molar-refractivity contribution is 0.374. The lowest BCUT2D eigenvalue weighted by Crippen LogP contribution is -2.11. The Bertz CT molecular complexity index is 1060. The van der Waals surface area contributed by atoms with Gasteiger partial charge in [-0.1, -0.05) is 12.1 Å². The molecule has 0 unspecified atom stereocenters. The maximum absolute atomic E-state index is 12.1. The summed E-state index contributed by atoms with van der Waals surface area (Å²) in [5.74, 6) is -0.761. The van der Waals surface area contributed by atoms with E-state index in [2.05, 4.69) is 0 Å². The zero-order valence-electron chi connectivity index (χ0n) is 12.0. The normalized spacial score (nSPS) is 13.3. The smallest absolute Gasteiger partial charge is 0.326 e. The summed E-state index contributed by atoms with van der Waals surface area (Å²) in [5.41, 5.74) is 5.36. The minimum atomic E-state index is -4.62. The molecule has 0 heterocycles. The first-order valence-electron chi connectivity index (χ1n) is 6.38. The van der Waals surface area contributed by atoms with Crippen LogP contribution < -0.4 is 5.73 Å². The van der Waals surface area contributed by atoms with E-state index in [0.717, 1.165) is 12.1 Å². The fourth-order valence-electron chi connectivity index (χ4n) is 2.13. The van der Waals surface area contributed by atoms with Crippen molar-refractivity contribution in [2.24, 2.45) is 0 Å². The van der Waals surface area contributed by atoms with Gasteiger partial charge in [-0.25, -0.2) is 8.42 Å². The molecular formula is C12H14NO8PS2. The SMILES string of the molecule is Nc1ccc2cc(S(=O)(=O)CCP(=O)(O)O)ccc2c1S(=O)(=O)O. The van der Waals surface area contributed by atoms with E-state index in [1.807, 2.05) is 0 Å². The third-order valence-electron chi connectivity index (χ3n) is 3.24. The molecule has 24 heavy (non-hydrogen) atoms. The highest BCUT2D eigenvalue weighted by Crippen LogP contribution is 2.35. The van der Waals surface area contributed by atoms with Crippen molar-refractivity contribution in [3.8, 4) is 0 Å². The molecule has 0 saturated carbocycles. The number of anilines is 1. The van der Waals surface area contributed by atoms with Crippen LogP contribution in [0.5, 0.6) is 0 Å². The van der Waals surface area contributed by atoms with Crippen LogP contribution >= 0.6 is 7.60 Å². The monoisotopic (exact) mass is 395 g/mol. The Hall–Kier alpha value is -1.49. The Labute approximate surface area is 137 Å². The largest absolute Gasteiger partial charge is 0.398 e. The van der Waals surface area contributed by atoms with E-state index in [-0.39, 0.29) is 21.4 Å². The van der Waals surface area contributed by atoms with E-state index < -0.39 is 44.4 Å². The van der Waals surface area contributed by atoms with Crippen LogP contribution in [0.3, 0.4) is 0 Å². The molecule has 0 fully saturated rings. The molecule has 0 aromatic heterocycles. The van der Waals surface area contributed by atoms with Crippen molar-refractivity contribution < 1.29 is 35.7 Å². The maximum atomic E-state index is 12.1. The second-order valence-electron chi connectivity index (χ2n) is 5.05. The third kappa shape index (κ3) is 4.12. The molecule has 2 aromatic carbocycles. The molecule has 0 aliphatic heterocycles. The van der Waals surface area contributed by atoms with Crippen molar-refractivity contribution in [1.82, 2.24) is 0 Å². The second-order valence-corrected chi connectivity index (χ2v) is 10.3. The van der Waals surface area contributed by atoms with Crippen LogP contribution in [0.2, 0.25) is 0 Å². The van der Waals surface area contributed by atoms with Crippen LogP contribution in [0.25, 0.3) is 10.8 Å². The predicted octanol–water partition coefficient (Wildman–Crippen LogP) is 0.620. The van der Waals surface area contributed by atoms with Crippen LogP contribution in [0.15, 0.2) is 40.1 Å². The van der Waals surface area contributed by atoms with Gasteiger partial charge in [-0.05, 0) is 23.6 Å². The van der Waals surface area contributed by atoms with Crippen LogP contribution in [0.4, 0.5) is 5.69 Å². The third-order valence-corrected chi connectivity index (χ3v) is 7.03. The highest BCUT2D eigenvalue weighted by Gasteiger charge is 2.23. The Morgan fingerprint density at radius 2 is 1.67 bits per heavy atom. The van der Waals surface area contributed by atoms with Gasteiger partial charge >= 0.3 is 7.60 Å². The van der Waals surface area contributed by atoms with Gasteiger partial charge in [-0.3, -0.25) is 9.12 Å². The first-order valence-corrected chi connectivity index (χ1v) is 11.3. The highest BCUT2D eigenvalue weighted by molar-refractivity contribution is 7.91. The number of benzene rings is 2. The zero-order valence-corrected chi connectivity index (χ0v) is 14.6. The summed E-state index contributed by atoms with van der Waals surface area (Å²) in [5, 5.41) is 0.223. The number of hydrogen-bond donors (Lipinski definition) is 4. The van der Waals surface area contributed by atoms with Gasteiger partial charge in [0.25, 0.3) is 10.1 Å². The van der Waals surface area contributed by atoms with E-state index in [4.69, 9.17) is 15.5 Å². The van der Waals surface area contributed by atoms with Gasteiger partial charge < -0.3 is 15.5 Å². The fraction of sp³-hybridized carbons (Fsp3) is 0.167. The van der Waals surface area contributed by atoms with Gasteiger partial charge in [0.1, 0.15) is 4.90 Å². The standard InChI is InChI=1S/C12H14NO8PS2/c13-11-4-1-8-7-9(23(17,18)6-5-22(14,15)16)2-3-10(8)12(11)24(19,20)21/h1-4,7H,5-6,13H2,(H2,14,15,16)(H,19,20,21). The van der Waals surface area contributed by atoms with Gasteiger partial charge in [-0.15, -0.1) is 0 Å². The summed E-state index contributed by atoms with van der Waals surface area (Å²) < 4.78 is 67.2. The van der Waals surface area contributed by atoms with E-state index in [0.29, 0.717) is 0 Å². The number of rotatable bonds is 5. The lowest BCUT2D eigenvalue weighted by Gasteiger charge is -2.10. The molecule has 0 radical (unpaired) electrons. The van der Waals surface area contributed by atoms with E-state index in [1.165, 1.54) is 18.2 Å². The topological polar surface area (TPSA) is 172 Å². The molecule has 2 aromatic rings. The zero-order chi connectivity index (χ0) is 18.3. The summed E-state index contributed by atoms with van der Waals surface area (Å²) in [6, 6.07) is 5.99. The summed E-state index contributed by atoms with van der Waals surface area (Å²) in [4.78, 5) is 16.8. The number of nitrogens with two attached hydrogens (primary N) is 1. The first kappa shape index (κ1) is 18.8. The minimum Gasteiger partial charge on any atom is -0.398 e. The molecular weight excluding hydrogens is 381 g/mol. The molecule has 0 atom stereocenters. The molecule has 132 valence electrons. The molecule has 0 spiro atoms. The molecule has 9 nitrogen and oxygen atoms in total. The van der Waals surface area contributed by atoms with E-state index in [1.54, 1.807) is 0 Å². The van der Waals surface area contributed by atoms with Gasteiger partial charge in [0.2, 0.25) is 0 Å². The molecule has 12 heteroatoms. The van der Waals surface area contributed by atoms with Crippen LogP contribution in [-0.4, -0.2) is 43.1 Å². The summed E-state index contributed by atoms with van der Waals surface area (Å²) in [7, 11) is -13.1. The van der Waals surface area contributed by atoms with Crippen molar-refractivity contribution in [1.29, 1.82) is 0 Å². The lowest BCUT2D eigenvalue weighted by atomic mass is 10.1. The van der Waals surface area contributed by atoms with Gasteiger partial charge in [0.15, 0.2) is 9.84 Å². The van der Waals surface area contributed by atoms with Crippen molar-refractivity contribution >= 4 is 44.0 Å². The summed E-state index contributed by atoms with van der Waals surface area (Å²) in [6.45, 7) is 0. The molecule has 0 aliphatic rings. The Morgan fingerprint density at radius 3 is 2.21 bits per heavy atom. The summed E-state index contributed by atoms with van der Waals surface area (Å²) >= 11 is 0. The van der Waals surface area contributed by atoms with Crippen molar-refractivity contribution in [2.45, 2.75) is 9.79 Å². The highest BCUT2D eigenvalue weighted by atomic mass is 32.2. The molecule has 0 amide bonds. The molecule has 5 N–H and O–H groups in total. The number of sulfone groups is 1. The second kappa shape index (κ2) is 6.10. The Kier molecular flexibility index (Phi) is 4.79. The average molecular weight is 395 g/mol. The van der Waals surface area contributed by atoms with Gasteiger partial charge in [-0.2, -0.15) is 8.42 Å². The maximum Gasteiger partial charge on any atom is 0.326 e. The van der Waals surface area contributed by atoms with Gasteiger partial charge in [0, 0.05) is 5.39 Å². The Morgan fingerprint density at radius 1 is 1.04 bits per heavy atom. The summed E-state index contributed by atoms with van der Waals surface area (Å²) in [6.07, 6.45) is -0.828. The number of hydrogen-bond acceptors (Lipinski definition) is 6. The van der Waals surface area contributed by atoms with Crippen molar-refractivity contribution in [3.05, 3.63) is 30.3 Å². The molecule has 2 rings (SSSR count). The quantitative estimate of drug-likeness (QED) is 0.321. The number of nitrogen functional groups attached to an aromatic ring is 1. The van der Waals surface area contributed by atoms with Crippen molar-refractivity contribution in [3.63, 3.8) is 0 Å². The fourth-order valence-corrected chi connectivity index (χ4v) is 5.69. The van der Waals surface area contributed by atoms with Crippen molar-refractivity contribution in [2.75, 3.05) is 17.6 Å².